The van der Waals surface area contributed by atoms with E-state index in [1.54, 1.807) is 18.2 Å². The van der Waals surface area contributed by atoms with Gasteiger partial charge in [0.1, 0.15) is 11.6 Å². The summed E-state index contributed by atoms with van der Waals surface area (Å²) >= 11 is 0. The van der Waals surface area contributed by atoms with Crippen LogP contribution in [0.5, 0.6) is 0 Å². The molecule has 12 nitrogen and oxygen atoms in total. The first-order chi connectivity index (χ1) is 32.1. The maximum Gasteiger partial charge on any atom is 0.247 e. The summed E-state index contributed by atoms with van der Waals surface area (Å²) in [6.45, 7) is 4.18. The molecule has 0 radical (unpaired) electrons. The lowest BCUT2D eigenvalue weighted by atomic mass is 9.82. The van der Waals surface area contributed by atoms with Crippen molar-refractivity contribution in [1.29, 1.82) is 0 Å². The van der Waals surface area contributed by atoms with Crippen LogP contribution < -0.4 is 20.3 Å². The molecule has 5 atom stereocenters. The molecular formula is C53H55N5O7S. The summed E-state index contributed by atoms with van der Waals surface area (Å²) in [4.78, 5) is 32.4. The van der Waals surface area contributed by atoms with Crippen LogP contribution in [-0.2, 0) is 42.1 Å². The highest BCUT2D eigenvalue weighted by molar-refractivity contribution is 7.89. The molecule has 13 heteroatoms. The first-order valence-electron chi connectivity index (χ1n) is 22.5. The Morgan fingerprint density at radius 3 is 2.11 bits per heavy atom. The highest BCUT2D eigenvalue weighted by Gasteiger charge is 2.51. The third-order valence-corrected chi connectivity index (χ3v) is 14.6. The highest BCUT2D eigenvalue weighted by atomic mass is 32.2. The Morgan fingerprint density at radius 1 is 0.773 bits per heavy atom. The number of hydrogen-bond acceptors (Lipinski definition) is 9. The van der Waals surface area contributed by atoms with Crippen molar-refractivity contribution in [3.63, 3.8) is 0 Å². The third-order valence-electron chi connectivity index (χ3n) is 13.2. The molecule has 5 unspecified atom stereocenters. The van der Waals surface area contributed by atoms with E-state index < -0.39 is 39.9 Å². The molecule has 4 N–H and O–H groups in total. The smallest absolute Gasteiger partial charge is 0.247 e. The Kier molecular flexibility index (Phi) is 13.4. The minimum Gasteiger partial charge on any atom is -0.392 e. The lowest BCUT2D eigenvalue weighted by Gasteiger charge is -2.47. The van der Waals surface area contributed by atoms with E-state index in [-0.39, 0.29) is 35.9 Å². The van der Waals surface area contributed by atoms with Crippen molar-refractivity contribution in [1.82, 2.24) is 14.9 Å². The zero-order valence-electron chi connectivity index (χ0n) is 36.8. The number of benzene rings is 6. The minimum absolute atomic E-state index is 0.0592. The van der Waals surface area contributed by atoms with E-state index >= 15 is 0 Å². The number of nitrogens with zero attached hydrogens (tertiary/aromatic N) is 2. The molecule has 3 aliphatic rings. The maximum atomic E-state index is 14.2. The number of aliphatic hydroxyl groups is 1. The van der Waals surface area contributed by atoms with Gasteiger partial charge in [-0.3, -0.25) is 9.59 Å². The van der Waals surface area contributed by atoms with Gasteiger partial charge in [0.25, 0.3) is 0 Å². The molecule has 9 rings (SSSR count). The van der Waals surface area contributed by atoms with Crippen LogP contribution in [-0.4, -0.2) is 74.2 Å². The van der Waals surface area contributed by atoms with Crippen LogP contribution in [0.15, 0.2) is 169 Å². The van der Waals surface area contributed by atoms with Crippen LogP contribution >= 0.6 is 0 Å². The van der Waals surface area contributed by atoms with E-state index in [0.717, 1.165) is 33.5 Å². The largest absolute Gasteiger partial charge is 0.392 e. The summed E-state index contributed by atoms with van der Waals surface area (Å²) in [7, 11) is -4.06. The Bertz CT molecular complexity index is 2700. The number of hydrogen-bond donors (Lipinski definition) is 4. The van der Waals surface area contributed by atoms with Gasteiger partial charge in [0.15, 0.2) is 6.29 Å². The molecule has 0 aliphatic carbocycles. The number of aliphatic hydroxyl groups excluding tert-OH is 1. The molecule has 3 heterocycles. The average Bonchev–Trinajstić information content (AvgIpc) is 3.66. The van der Waals surface area contributed by atoms with Gasteiger partial charge in [-0.1, -0.05) is 133 Å². The molecule has 3 fully saturated rings. The standard InChI is InChI=1S/C53H55N5O7S/c1-37-20-26-45(27-21-37)66(62,63)56-46(32-38-12-5-2-6-13-38)50(60)55-43-17-11-16-42(33-43)51-64-47(48(40-14-7-3-8-15-40)49(65-51)41-24-22-39(35-59)23-25-41)34-57-30-28-53(29-31-57)52(61)54-36-58(53)44-18-9-4-10-19-44/h2-27,33,46-49,51,56,59H,28-32,34-36H2,1H3,(H,54,61)(H,55,60). The Morgan fingerprint density at radius 2 is 1.42 bits per heavy atom. The van der Waals surface area contributed by atoms with E-state index in [1.807, 2.05) is 116 Å². The van der Waals surface area contributed by atoms with Gasteiger partial charge >= 0.3 is 0 Å². The van der Waals surface area contributed by atoms with Gasteiger partial charge in [0, 0.05) is 42.5 Å². The normalized spacial score (nSPS) is 21.3. The Labute approximate surface area is 386 Å². The van der Waals surface area contributed by atoms with Crippen molar-refractivity contribution in [2.45, 2.75) is 73.7 Å². The van der Waals surface area contributed by atoms with Crippen molar-refractivity contribution >= 4 is 33.2 Å². The topological polar surface area (TPSA) is 150 Å². The molecule has 0 aromatic heterocycles. The van der Waals surface area contributed by atoms with Crippen molar-refractivity contribution < 1.29 is 32.6 Å². The van der Waals surface area contributed by atoms with Crippen LogP contribution in [0.25, 0.3) is 0 Å². The number of likely N-dealkylation sites (tertiary alicyclic amines) is 1. The average molecular weight is 906 g/mol. The second-order valence-corrected chi connectivity index (χ2v) is 19.2. The third kappa shape index (κ3) is 9.82. The SMILES string of the molecule is Cc1ccc(S(=O)(=O)NC(Cc2ccccc2)C(=O)Nc2cccc(C3OC(CN4CCC5(CC4)C(=O)NCN5c4ccccc4)C(c4ccccc4)C(c4ccc(CO)cc4)O3)c2)cc1. The van der Waals surface area contributed by atoms with Crippen molar-refractivity contribution in [2.75, 3.05) is 36.5 Å². The highest BCUT2D eigenvalue weighted by Crippen LogP contribution is 2.48. The first-order valence-corrected chi connectivity index (χ1v) is 24.0. The second-order valence-electron chi connectivity index (χ2n) is 17.5. The zero-order valence-corrected chi connectivity index (χ0v) is 37.6. The molecule has 2 amide bonds. The number of amides is 2. The number of nitrogens with one attached hydrogen (secondary N) is 3. The van der Waals surface area contributed by atoms with E-state index in [4.69, 9.17) is 9.47 Å². The van der Waals surface area contributed by atoms with Crippen LogP contribution in [0.2, 0.25) is 0 Å². The van der Waals surface area contributed by atoms with Crippen molar-refractivity contribution in [3.05, 3.63) is 197 Å². The predicted octanol–water partition coefficient (Wildman–Crippen LogP) is 7.38. The van der Waals surface area contributed by atoms with E-state index in [0.29, 0.717) is 50.4 Å². The van der Waals surface area contributed by atoms with E-state index in [1.165, 1.54) is 12.1 Å². The molecule has 66 heavy (non-hydrogen) atoms. The summed E-state index contributed by atoms with van der Waals surface area (Å²) < 4.78 is 44.0. The van der Waals surface area contributed by atoms with Gasteiger partial charge in [-0.05, 0) is 84.8 Å². The van der Waals surface area contributed by atoms with Crippen molar-refractivity contribution in [3.8, 4) is 0 Å². The number of anilines is 2. The predicted molar refractivity (Wildman–Crippen MR) is 254 cm³/mol. The van der Waals surface area contributed by atoms with Gasteiger partial charge in [-0.15, -0.1) is 0 Å². The minimum atomic E-state index is -4.06. The summed E-state index contributed by atoms with van der Waals surface area (Å²) in [5, 5.41) is 16.0. The van der Waals surface area contributed by atoms with Gasteiger partial charge in [0.2, 0.25) is 21.8 Å². The summed E-state index contributed by atoms with van der Waals surface area (Å²) in [6, 6.07) is 50.1. The summed E-state index contributed by atoms with van der Waals surface area (Å²) in [5.41, 5.74) is 5.96. The summed E-state index contributed by atoms with van der Waals surface area (Å²) in [6.07, 6.45) is -0.292. The Hall–Kier alpha value is -6.19. The molecule has 0 bridgehead atoms. The molecule has 0 saturated carbocycles. The number of ether oxygens (including phenoxy) is 2. The van der Waals surface area contributed by atoms with Gasteiger partial charge in [-0.2, -0.15) is 4.72 Å². The number of carbonyl (C=O) groups excluding carboxylic acids is 2. The molecular weight excluding hydrogens is 851 g/mol. The van der Waals surface area contributed by atoms with Crippen LogP contribution in [0.4, 0.5) is 11.4 Å². The zero-order chi connectivity index (χ0) is 45.7. The second kappa shape index (κ2) is 19.7. The fraction of sp³-hybridized carbons (Fsp3) is 0.283. The van der Waals surface area contributed by atoms with Crippen LogP contribution in [0, 0.1) is 6.92 Å². The fourth-order valence-corrected chi connectivity index (χ4v) is 10.8. The van der Waals surface area contributed by atoms with E-state index in [9.17, 15) is 23.1 Å². The lowest BCUT2D eigenvalue weighted by molar-refractivity contribution is -0.264. The molecule has 340 valence electrons. The number of piperidine rings is 1. The number of rotatable bonds is 14. The number of para-hydroxylation sites is 1. The molecule has 6 aromatic carbocycles. The maximum absolute atomic E-state index is 14.2. The summed E-state index contributed by atoms with van der Waals surface area (Å²) in [5.74, 6) is -0.702. The van der Waals surface area contributed by atoms with Gasteiger partial charge in [0.05, 0.1) is 30.4 Å². The number of carbonyl (C=O) groups is 2. The number of sulfonamides is 1. The number of aryl methyl sites for hydroxylation is 1. The van der Waals surface area contributed by atoms with Crippen molar-refractivity contribution in [2.24, 2.45) is 0 Å². The Balaban J connectivity index is 0.998. The quantitative estimate of drug-likeness (QED) is 0.0879. The van der Waals surface area contributed by atoms with Gasteiger partial charge < -0.3 is 35.0 Å². The monoisotopic (exact) mass is 905 g/mol. The molecule has 1 spiro atoms. The first kappa shape index (κ1) is 45.0. The molecule has 3 saturated heterocycles. The van der Waals surface area contributed by atoms with Crippen LogP contribution in [0.3, 0.4) is 0 Å². The van der Waals surface area contributed by atoms with Gasteiger partial charge in [-0.25, -0.2) is 8.42 Å². The van der Waals surface area contributed by atoms with E-state index in [2.05, 4.69) is 49.4 Å². The molecule has 3 aliphatic heterocycles. The fourth-order valence-electron chi connectivity index (χ4n) is 9.56. The lowest BCUT2D eigenvalue weighted by Crippen LogP contribution is -2.57. The van der Waals surface area contributed by atoms with Crippen LogP contribution in [0.1, 0.15) is 64.5 Å². The molecule has 6 aromatic rings.